The van der Waals surface area contributed by atoms with Gasteiger partial charge in [0.2, 0.25) is 0 Å². The van der Waals surface area contributed by atoms with Crippen molar-refractivity contribution in [1.29, 1.82) is 0 Å². The van der Waals surface area contributed by atoms with Gasteiger partial charge in [0.15, 0.2) is 5.78 Å². The molecule has 0 heterocycles. The van der Waals surface area contributed by atoms with Crippen molar-refractivity contribution in [3.63, 3.8) is 0 Å². The Hall–Kier alpha value is -2.06. The average Bonchev–Trinajstić information content (AvgIpc) is 2.53. The van der Waals surface area contributed by atoms with Gasteiger partial charge in [0.25, 0.3) is 0 Å². The average molecular weight is 407 g/mol. The topological polar surface area (TPSA) is 99.0 Å². The van der Waals surface area contributed by atoms with E-state index in [2.05, 4.69) is 10.1 Å². The zero-order valence-electron chi connectivity index (χ0n) is 14.6. The predicted molar refractivity (Wildman–Crippen MR) is 95.2 cm³/mol. The third-order valence-electron chi connectivity index (χ3n) is 2.90. The summed E-state index contributed by atoms with van der Waals surface area (Å²) in [6.45, 7) is 0.454. The van der Waals surface area contributed by atoms with E-state index < -0.39 is 25.8 Å². The van der Waals surface area contributed by atoms with Crippen LogP contribution in [0.25, 0.3) is 0 Å². The molecule has 0 saturated carbocycles. The van der Waals surface area contributed by atoms with Crippen LogP contribution in [0.4, 0.5) is 18.9 Å². The smallest absolute Gasteiger partial charge is 0.387 e. The number of aliphatic hydroxyl groups is 1. The van der Waals surface area contributed by atoms with E-state index in [4.69, 9.17) is 5.11 Å². The minimum atomic E-state index is -4.61. The molecule has 0 radical (unpaired) electrons. The van der Waals surface area contributed by atoms with Gasteiger partial charge in [-0.1, -0.05) is 12.1 Å². The van der Waals surface area contributed by atoms with Gasteiger partial charge >= 0.3 is 14.2 Å². The van der Waals surface area contributed by atoms with Gasteiger partial charge in [-0.05, 0) is 55.8 Å². The molecule has 10 heteroatoms. The molecule has 0 fully saturated rings. The highest BCUT2D eigenvalue weighted by Crippen LogP contribution is 2.51. The van der Waals surface area contributed by atoms with Crippen LogP contribution in [-0.4, -0.2) is 27.6 Å². The van der Waals surface area contributed by atoms with Gasteiger partial charge in [-0.2, -0.15) is 8.78 Å². The lowest BCUT2D eigenvalue weighted by Gasteiger charge is -2.21. The fourth-order valence-electron chi connectivity index (χ4n) is 1.90. The second-order valence-electron chi connectivity index (χ2n) is 5.68. The van der Waals surface area contributed by atoms with E-state index in [0.29, 0.717) is 5.69 Å². The number of halogens is 3. The molecule has 2 aromatic carbocycles. The van der Waals surface area contributed by atoms with Crippen LogP contribution in [0.2, 0.25) is 0 Å². The lowest BCUT2D eigenvalue weighted by atomic mass is 10.2. The van der Waals surface area contributed by atoms with E-state index in [-0.39, 0.29) is 17.4 Å². The van der Waals surface area contributed by atoms with Crippen LogP contribution < -0.4 is 10.1 Å². The zero-order valence-corrected chi connectivity index (χ0v) is 15.5. The van der Waals surface area contributed by atoms with E-state index >= 15 is 0 Å². The number of alkyl halides is 2. The Balaban J connectivity index is 0.000000828. The summed E-state index contributed by atoms with van der Waals surface area (Å²) in [7, 11) is -4.61. The number of anilines is 1. The first-order chi connectivity index (χ1) is 12.5. The van der Waals surface area contributed by atoms with Crippen molar-refractivity contribution < 1.29 is 37.4 Å². The summed E-state index contributed by atoms with van der Waals surface area (Å²) in [6.07, 6.45) is -0.167. The quantitative estimate of drug-likeness (QED) is 0.538. The lowest BCUT2D eigenvalue weighted by Crippen LogP contribution is -2.11. The molecule has 6 nitrogen and oxygen atoms in total. The molecule has 0 aliphatic carbocycles. The monoisotopic (exact) mass is 407 g/mol. The maximum absolute atomic E-state index is 12.9. The predicted octanol–water partition coefficient (Wildman–Crippen LogP) is 4.10. The Morgan fingerprint density at radius 2 is 1.48 bits per heavy atom. The molecule has 0 aliphatic heterocycles. The molecule has 1 atom stereocenters. The minimum Gasteiger partial charge on any atom is -0.435 e. The maximum atomic E-state index is 12.9. The van der Waals surface area contributed by atoms with Gasteiger partial charge in [-0.3, -0.25) is 4.57 Å². The Labute approximate surface area is 154 Å². The minimum absolute atomic E-state index is 0.130. The lowest BCUT2D eigenvalue weighted by molar-refractivity contribution is -0.0498. The molecule has 2 rings (SSSR count). The van der Waals surface area contributed by atoms with Crippen LogP contribution in [-0.2, 0) is 4.57 Å². The molecule has 4 N–H and O–H groups in total. The van der Waals surface area contributed by atoms with Crippen molar-refractivity contribution >= 4 is 13.3 Å². The van der Waals surface area contributed by atoms with Crippen molar-refractivity contribution in [3.8, 4) is 5.75 Å². The van der Waals surface area contributed by atoms with E-state index in [9.17, 15) is 27.5 Å². The molecule has 27 heavy (non-hydrogen) atoms. The van der Waals surface area contributed by atoms with Crippen LogP contribution in [0.3, 0.4) is 0 Å². The Kier molecular flexibility index (Phi) is 8.78. The third kappa shape index (κ3) is 8.92. The van der Waals surface area contributed by atoms with Gasteiger partial charge in [0.05, 0.1) is 0 Å². The fraction of sp³-hybridized carbons (Fsp3) is 0.294. The van der Waals surface area contributed by atoms with Crippen LogP contribution in [0.15, 0.2) is 48.5 Å². The third-order valence-corrected chi connectivity index (χ3v) is 4.00. The number of ether oxygens (including phenoxy) is 1. The standard InChI is InChI=1S/C14H13F3NO4P.C3H8O/c15-10-3-5-11(6-4-10)18-13(23(19,20)21)9-1-7-12(8-2-9)22-14(16)17;1-3(2)4/h1-8,13-14,18H,(H2,19,20,21);3-4H,1-2H3. The van der Waals surface area contributed by atoms with Gasteiger partial charge < -0.3 is 24.9 Å². The first-order valence-corrected chi connectivity index (χ1v) is 9.47. The number of hydrogen-bond acceptors (Lipinski definition) is 4. The highest BCUT2D eigenvalue weighted by molar-refractivity contribution is 7.52. The normalized spacial score (nSPS) is 12.4. The van der Waals surface area contributed by atoms with Crippen molar-refractivity contribution in [2.45, 2.75) is 32.3 Å². The molecule has 0 bridgehead atoms. The summed E-state index contributed by atoms with van der Waals surface area (Å²) in [4.78, 5) is 19.0. The van der Waals surface area contributed by atoms with E-state index in [0.717, 1.165) is 12.1 Å². The summed E-state index contributed by atoms with van der Waals surface area (Å²) in [5.74, 6) is -2.03. The highest BCUT2D eigenvalue weighted by atomic mass is 31.2. The SMILES string of the molecule is CC(C)O.O=P(O)(O)C(Nc1ccc(F)cc1)c1ccc(OC(F)F)cc1. The first kappa shape index (κ1) is 23.0. The van der Waals surface area contributed by atoms with Gasteiger partial charge in [0, 0.05) is 11.8 Å². The van der Waals surface area contributed by atoms with Crippen molar-refractivity contribution in [1.82, 2.24) is 0 Å². The molecule has 150 valence electrons. The van der Waals surface area contributed by atoms with E-state index in [1.54, 1.807) is 13.8 Å². The first-order valence-electron chi connectivity index (χ1n) is 7.79. The Bertz CT molecular complexity index is 732. The van der Waals surface area contributed by atoms with Crippen LogP contribution in [0.1, 0.15) is 25.2 Å². The van der Waals surface area contributed by atoms with E-state index in [1.807, 2.05) is 0 Å². The Morgan fingerprint density at radius 1 is 1.00 bits per heavy atom. The molecule has 0 amide bonds. The molecule has 0 aliphatic rings. The van der Waals surface area contributed by atoms with Gasteiger partial charge in [-0.15, -0.1) is 0 Å². The molecular weight excluding hydrogens is 386 g/mol. The second kappa shape index (κ2) is 10.3. The Morgan fingerprint density at radius 3 is 1.89 bits per heavy atom. The van der Waals surface area contributed by atoms with Crippen molar-refractivity contribution in [3.05, 3.63) is 59.9 Å². The summed E-state index contributed by atoms with van der Waals surface area (Å²) < 4.78 is 52.9. The molecule has 0 saturated heterocycles. The van der Waals surface area contributed by atoms with Crippen LogP contribution >= 0.6 is 7.60 Å². The summed E-state index contributed by atoms with van der Waals surface area (Å²) in [5.41, 5.74) is 0.469. The molecule has 0 aromatic heterocycles. The summed E-state index contributed by atoms with van der Waals surface area (Å²) in [6, 6.07) is 9.80. The molecule has 0 spiro atoms. The fourth-order valence-corrected chi connectivity index (χ4v) is 2.77. The van der Waals surface area contributed by atoms with Crippen molar-refractivity contribution in [2.75, 3.05) is 5.32 Å². The van der Waals surface area contributed by atoms with Crippen molar-refractivity contribution in [2.24, 2.45) is 0 Å². The molecule has 2 aromatic rings. The van der Waals surface area contributed by atoms with Gasteiger partial charge in [-0.25, -0.2) is 4.39 Å². The number of hydrogen-bond donors (Lipinski definition) is 4. The maximum Gasteiger partial charge on any atom is 0.387 e. The van der Waals surface area contributed by atoms with Gasteiger partial charge in [0.1, 0.15) is 11.6 Å². The van der Waals surface area contributed by atoms with E-state index in [1.165, 1.54) is 36.4 Å². The van der Waals surface area contributed by atoms with Crippen LogP contribution in [0, 0.1) is 5.82 Å². The van der Waals surface area contributed by atoms with Crippen LogP contribution in [0.5, 0.6) is 5.75 Å². The highest BCUT2D eigenvalue weighted by Gasteiger charge is 2.30. The molecule has 1 unspecified atom stereocenters. The largest absolute Gasteiger partial charge is 0.435 e. The summed E-state index contributed by atoms with van der Waals surface area (Å²) in [5, 5.41) is 10.7. The number of benzene rings is 2. The zero-order chi connectivity index (χ0) is 20.6. The number of aliphatic hydroxyl groups excluding tert-OH is 1. The number of nitrogens with one attached hydrogen (secondary N) is 1. The number of rotatable bonds is 6. The second-order valence-corrected chi connectivity index (χ2v) is 7.38. The molecular formula is C17H21F3NO5P. The summed E-state index contributed by atoms with van der Waals surface area (Å²) >= 11 is 0.